The fourth-order valence-electron chi connectivity index (χ4n) is 8.54. The number of nitrogens with one attached hydrogen (secondary N) is 6. The van der Waals surface area contributed by atoms with E-state index in [1.807, 2.05) is 18.7 Å². The lowest BCUT2D eigenvalue weighted by molar-refractivity contribution is -0.143. The highest BCUT2D eigenvalue weighted by Crippen LogP contribution is 2.37. The highest BCUT2D eigenvalue weighted by molar-refractivity contribution is 7.92. The number of carbonyl (C=O) groups is 4. The Bertz CT molecular complexity index is 2970. The summed E-state index contributed by atoms with van der Waals surface area (Å²) in [6.45, 7) is 19.0. The van der Waals surface area contributed by atoms with Crippen LogP contribution in [-0.2, 0) is 24.2 Å². The van der Waals surface area contributed by atoms with Gasteiger partial charge >= 0.3 is 0 Å². The molecule has 398 valence electrons. The van der Waals surface area contributed by atoms with E-state index in [-0.39, 0.29) is 35.9 Å². The number of halogens is 2. The third-order valence-electron chi connectivity index (χ3n) is 13.4. The monoisotopic (exact) mass is 1040 g/mol. The number of hydrogen-bond donors (Lipinski definition) is 6. The number of nitrogens with zero attached hydrogens (tertiary/aromatic N) is 8. The van der Waals surface area contributed by atoms with Gasteiger partial charge < -0.3 is 41.1 Å². The van der Waals surface area contributed by atoms with Crippen molar-refractivity contribution >= 4 is 67.5 Å². The SMILES string of the molecule is CN[C@@H](C)C(=O)N[C@H](C(=O)N1C[C@@H](NC(=O)c2cnc(N3CCN(CCCOc4cc5ncnc(Nc6n[nH]c(C)c6C)c5cc4S(=O)(=O)C(C)(C)C)CC3)cn2)C[C@H]1C(=O)Nc1c(F)cccc1F)C(C)(C)C. The number of aromatic amines is 1. The van der Waals surface area contributed by atoms with Gasteiger partial charge in [0.25, 0.3) is 5.91 Å². The molecular weight excluding hydrogens is 979 g/mol. The first kappa shape index (κ1) is 54.8. The van der Waals surface area contributed by atoms with Crippen LogP contribution in [0.15, 0.2) is 53.9 Å². The molecule has 7 rings (SSSR count). The number of aryl methyl sites for hydroxylation is 1. The van der Waals surface area contributed by atoms with Gasteiger partial charge in [0.05, 0.1) is 35.3 Å². The number of anilines is 4. The lowest BCUT2D eigenvalue weighted by Gasteiger charge is -2.36. The van der Waals surface area contributed by atoms with Gasteiger partial charge in [-0.05, 0) is 85.0 Å². The Morgan fingerprint density at radius 2 is 1.64 bits per heavy atom. The van der Waals surface area contributed by atoms with Crippen molar-refractivity contribution in [1.29, 1.82) is 0 Å². The number of likely N-dealkylation sites (N-methyl/N-ethyl adjacent to an activating group) is 1. The Morgan fingerprint density at radius 3 is 2.24 bits per heavy atom. The van der Waals surface area contributed by atoms with Gasteiger partial charge in [-0.25, -0.2) is 37.1 Å². The second kappa shape index (κ2) is 22.3. The van der Waals surface area contributed by atoms with Crippen LogP contribution in [0.2, 0.25) is 0 Å². The van der Waals surface area contributed by atoms with Gasteiger partial charge in [0, 0.05) is 68.0 Å². The van der Waals surface area contributed by atoms with Crippen molar-refractivity contribution in [2.75, 3.05) is 68.5 Å². The number of sulfone groups is 1. The zero-order chi connectivity index (χ0) is 53.9. The van der Waals surface area contributed by atoms with Crippen LogP contribution >= 0.6 is 0 Å². The number of para-hydroxylation sites is 1. The Labute approximate surface area is 429 Å². The molecule has 0 radical (unpaired) electrons. The van der Waals surface area contributed by atoms with Crippen molar-refractivity contribution in [2.45, 2.75) is 109 Å². The Morgan fingerprint density at radius 1 is 0.932 bits per heavy atom. The zero-order valence-corrected chi connectivity index (χ0v) is 44.2. The molecule has 2 aromatic carbocycles. The molecule has 6 N–H and O–H groups in total. The van der Waals surface area contributed by atoms with Gasteiger partial charge in [-0.3, -0.25) is 29.2 Å². The van der Waals surface area contributed by atoms with Gasteiger partial charge in [0.15, 0.2) is 15.7 Å². The summed E-state index contributed by atoms with van der Waals surface area (Å²) in [5.41, 5.74) is 0.778. The molecule has 21 nitrogen and oxygen atoms in total. The highest BCUT2D eigenvalue weighted by atomic mass is 32.2. The largest absolute Gasteiger partial charge is 0.492 e. The average Bonchev–Trinajstić information content (AvgIpc) is 3.93. The molecule has 4 atom stereocenters. The van der Waals surface area contributed by atoms with Gasteiger partial charge in [-0.1, -0.05) is 26.8 Å². The van der Waals surface area contributed by atoms with Crippen LogP contribution in [0.4, 0.5) is 31.9 Å². The molecule has 4 amide bonds. The van der Waals surface area contributed by atoms with Crippen molar-refractivity contribution in [2.24, 2.45) is 5.41 Å². The molecule has 5 heterocycles. The van der Waals surface area contributed by atoms with Crippen LogP contribution in [0.1, 0.15) is 83.1 Å². The van der Waals surface area contributed by atoms with Crippen LogP contribution in [-0.4, -0.2) is 154 Å². The minimum absolute atomic E-state index is 0.0129. The fraction of sp³-hybridized carbons (Fsp3) is 0.500. The number of hydrogen-bond acceptors (Lipinski definition) is 16. The number of carbonyl (C=O) groups excluding carboxylic acids is 4. The van der Waals surface area contributed by atoms with E-state index in [4.69, 9.17) is 4.74 Å². The third kappa shape index (κ3) is 12.2. The maximum atomic E-state index is 14.7. The van der Waals surface area contributed by atoms with Gasteiger partial charge in [0.2, 0.25) is 17.7 Å². The average molecular weight is 1050 g/mol. The molecule has 0 aliphatic carbocycles. The topological polar surface area (TPSA) is 262 Å². The zero-order valence-electron chi connectivity index (χ0n) is 43.4. The minimum Gasteiger partial charge on any atom is -0.492 e. The first-order chi connectivity index (χ1) is 34.9. The van der Waals surface area contributed by atoms with E-state index in [0.29, 0.717) is 67.5 Å². The summed E-state index contributed by atoms with van der Waals surface area (Å²) in [5.74, 6) is -2.82. The summed E-state index contributed by atoms with van der Waals surface area (Å²) in [6.07, 6.45) is 4.75. The summed E-state index contributed by atoms with van der Waals surface area (Å²) in [7, 11) is -2.27. The standard InChI is InChI=1S/C50H66F2N14O7S/c1-28-29(2)62-63-43(28)61-44-32-22-39(74(71,72)50(7,8)9)38(23-35(32)56-27-57-44)73-20-12-15-64-16-18-65(19-17-64)40-25-54-36(24-55-40)46(68)58-31-21-37(47(69)59-41-33(51)13-11-14-34(41)52)66(26-31)48(70)42(49(4,5)6)60-45(67)30(3)53-10/h11,13-14,22-25,27,30-31,37,42,53H,12,15-21,26H2,1-10H3,(H,58,68)(H,59,69)(H,60,67)(H2,56,57,61,62,63)/t30-,31-,37-,42+/m0/s1. The Hall–Kier alpha value is -6.92. The lowest BCUT2D eigenvalue weighted by atomic mass is 9.85. The number of H-pyrrole nitrogens is 1. The van der Waals surface area contributed by atoms with Crippen molar-refractivity contribution in [3.63, 3.8) is 0 Å². The maximum Gasteiger partial charge on any atom is 0.271 e. The second-order valence-corrected chi connectivity index (χ2v) is 23.4. The molecule has 2 saturated heterocycles. The van der Waals surface area contributed by atoms with Crippen LogP contribution in [0.25, 0.3) is 10.9 Å². The van der Waals surface area contributed by atoms with Crippen LogP contribution in [0.5, 0.6) is 5.75 Å². The smallest absolute Gasteiger partial charge is 0.271 e. The fourth-order valence-corrected chi connectivity index (χ4v) is 9.85. The molecule has 24 heteroatoms. The minimum atomic E-state index is -3.87. The number of amides is 4. The molecule has 0 saturated carbocycles. The number of piperazine rings is 1. The molecule has 0 unspecified atom stereocenters. The van der Waals surface area contributed by atoms with E-state index in [9.17, 15) is 36.4 Å². The van der Waals surface area contributed by atoms with E-state index in [1.54, 1.807) is 67.6 Å². The second-order valence-electron chi connectivity index (χ2n) is 20.7. The van der Waals surface area contributed by atoms with Gasteiger partial charge in [-0.2, -0.15) is 5.10 Å². The van der Waals surface area contributed by atoms with Crippen LogP contribution in [0, 0.1) is 30.9 Å². The molecule has 0 bridgehead atoms. The number of benzene rings is 2. The molecule has 74 heavy (non-hydrogen) atoms. The molecular formula is C50H66F2N14O7S. The summed E-state index contributed by atoms with van der Waals surface area (Å²) >= 11 is 0. The number of aromatic nitrogens is 6. The Kier molecular flexibility index (Phi) is 16.5. The molecule has 2 fully saturated rings. The van der Waals surface area contributed by atoms with Crippen molar-refractivity contribution in [3.05, 3.63) is 77.6 Å². The molecule has 2 aliphatic rings. The van der Waals surface area contributed by atoms with E-state index < -0.39 is 85.1 Å². The van der Waals surface area contributed by atoms with E-state index in [2.05, 4.69) is 61.6 Å². The molecule has 0 spiro atoms. The quantitative estimate of drug-likeness (QED) is 0.0705. The first-order valence-corrected chi connectivity index (χ1v) is 25.9. The molecule has 2 aliphatic heterocycles. The number of rotatable bonds is 17. The van der Waals surface area contributed by atoms with Crippen molar-refractivity contribution < 1.29 is 41.1 Å². The lowest BCUT2D eigenvalue weighted by Crippen LogP contribution is -2.59. The summed E-state index contributed by atoms with van der Waals surface area (Å²) in [4.78, 5) is 78.0. The van der Waals surface area contributed by atoms with Crippen LogP contribution < -0.4 is 36.2 Å². The van der Waals surface area contributed by atoms with E-state index in [1.165, 1.54) is 23.6 Å². The summed E-state index contributed by atoms with van der Waals surface area (Å²) in [5, 5.41) is 21.7. The number of likely N-dealkylation sites (tertiary alicyclic amines) is 1. The third-order valence-corrected chi connectivity index (χ3v) is 15.9. The van der Waals surface area contributed by atoms with Gasteiger partial charge in [-0.15, -0.1) is 0 Å². The summed E-state index contributed by atoms with van der Waals surface area (Å²) in [6, 6.07) is 2.52. The molecule has 5 aromatic rings. The van der Waals surface area contributed by atoms with E-state index in [0.717, 1.165) is 29.5 Å². The van der Waals surface area contributed by atoms with Crippen molar-refractivity contribution in [3.8, 4) is 5.75 Å². The van der Waals surface area contributed by atoms with E-state index >= 15 is 0 Å². The van der Waals surface area contributed by atoms with Crippen molar-refractivity contribution in [1.82, 2.24) is 55.9 Å². The molecule has 3 aromatic heterocycles. The summed E-state index contributed by atoms with van der Waals surface area (Å²) < 4.78 is 62.3. The van der Waals surface area contributed by atoms with Crippen LogP contribution in [0.3, 0.4) is 0 Å². The number of fused-ring (bicyclic) bond motifs is 1. The van der Waals surface area contributed by atoms with Gasteiger partial charge in [0.1, 0.15) is 63.7 Å². The number of ether oxygens (including phenoxy) is 1. The first-order valence-electron chi connectivity index (χ1n) is 24.5. The Balaban J connectivity index is 0.954. The predicted octanol–water partition coefficient (Wildman–Crippen LogP) is 4.42. The highest BCUT2D eigenvalue weighted by Gasteiger charge is 2.46. The predicted molar refractivity (Wildman–Crippen MR) is 275 cm³/mol. The maximum absolute atomic E-state index is 14.7. The normalized spacial score (nSPS) is 17.5.